The molecule has 0 bridgehead atoms. The summed E-state index contributed by atoms with van der Waals surface area (Å²) in [6.45, 7) is 2.83. The van der Waals surface area contributed by atoms with Crippen LogP contribution in [0.3, 0.4) is 0 Å². The number of methoxy groups -OCH3 is 1. The highest BCUT2D eigenvalue weighted by molar-refractivity contribution is 5.90. The molecule has 1 heterocycles. The molecule has 0 aliphatic heterocycles. The topological polar surface area (TPSA) is 43.7 Å². The van der Waals surface area contributed by atoms with Gasteiger partial charge in [-0.3, -0.25) is 4.79 Å². The number of hydrogen-bond donors (Lipinski definition) is 0. The predicted octanol–water partition coefficient (Wildman–Crippen LogP) is 2.49. The number of nitrogens with zero attached hydrogens (tertiary/aromatic N) is 2. The van der Waals surface area contributed by atoms with Gasteiger partial charge >= 0.3 is 5.97 Å². The molecule has 0 fully saturated rings. The van der Waals surface area contributed by atoms with Crippen LogP contribution in [0.15, 0.2) is 12.1 Å². The maximum absolute atomic E-state index is 14.2. The summed E-state index contributed by atoms with van der Waals surface area (Å²) in [4.78, 5) is 13.8. The molecule has 0 spiro atoms. The second-order valence-electron chi connectivity index (χ2n) is 5.71. The molecule has 2 rings (SSSR count). The van der Waals surface area contributed by atoms with Gasteiger partial charge in [-0.2, -0.15) is 0 Å². The van der Waals surface area contributed by atoms with E-state index in [0.717, 1.165) is 22.2 Å². The highest BCUT2D eigenvalue weighted by Gasteiger charge is 2.20. The van der Waals surface area contributed by atoms with E-state index < -0.39 is 5.82 Å². The lowest BCUT2D eigenvalue weighted by molar-refractivity contribution is -0.139. The van der Waals surface area contributed by atoms with Gasteiger partial charge in [-0.15, -0.1) is 0 Å². The minimum Gasteiger partial charge on any atom is -0.491 e. The predicted molar refractivity (Wildman–Crippen MR) is 87.2 cm³/mol. The molecule has 0 amide bonds. The van der Waals surface area contributed by atoms with Crippen LogP contribution >= 0.6 is 0 Å². The molecule has 1 aromatic heterocycles. The summed E-state index contributed by atoms with van der Waals surface area (Å²) in [5, 5.41) is 0.819. The number of halogens is 1. The molecule has 0 radical (unpaired) electrons. The van der Waals surface area contributed by atoms with E-state index in [1.165, 1.54) is 13.2 Å². The van der Waals surface area contributed by atoms with Crippen molar-refractivity contribution >= 4 is 16.9 Å². The number of esters is 1. The van der Waals surface area contributed by atoms with E-state index in [9.17, 15) is 9.18 Å². The van der Waals surface area contributed by atoms with Crippen LogP contribution in [0.2, 0.25) is 0 Å². The summed E-state index contributed by atoms with van der Waals surface area (Å²) in [6, 6.07) is 3.13. The Labute approximate surface area is 135 Å². The molecular weight excluding hydrogens is 299 g/mol. The first-order valence-corrected chi connectivity index (χ1v) is 7.53. The first-order valence-electron chi connectivity index (χ1n) is 7.53. The SMILES string of the molecule is CCOc1cc2c(CC(=O)OC)c(CN(C)C)n(C)c2cc1F. The van der Waals surface area contributed by atoms with Crippen molar-refractivity contribution in [3.8, 4) is 5.75 Å². The Balaban J connectivity index is 2.68. The normalized spacial score (nSPS) is 11.3. The van der Waals surface area contributed by atoms with Gasteiger partial charge in [0.15, 0.2) is 11.6 Å². The summed E-state index contributed by atoms with van der Waals surface area (Å²) < 4.78 is 26.3. The fourth-order valence-corrected chi connectivity index (χ4v) is 2.75. The average molecular weight is 322 g/mol. The van der Waals surface area contributed by atoms with Gasteiger partial charge in [0, 0.05) is 30.7 Å². The number of rotatable bonds is 6. The molecule has 0 saturated carbocycles. The molecule has 0 aliphatic carbocycles. The summed E-state index contributed by atoms with van der Waals surface area (Å²) in [7, 11) is 7.14. The van der Waals surface area contributed by atoms with Gasteiger partial charge in [0.05, 0.1) is 25.7 Å². The number of hydrogen-bond acceptors (Lipinski definition) is 4. The zero-order chi connectivity index (χ0) is 17.1. The van der Waals surface area contributed by atoms with Crippen LogP contribution in [0.4, 0.5) is 4.39 Å². The number of benzene rings is 1. The van der Waals surface area contributed by atoms with Gasteiger partial charge in [-0.05, 0) is 32.6 Å². The van der Waals surface area contributed by atoms with Crippen molar-refractivity contribution in [2.24, 2.45) is 7.05 Å². The van der Waals surface area contributed by atoms with Gasteiger partial charge in [0.1, 0.15) is 0 Å². The van der Waals surface area contributed by atoms with E-state index in [1.807, 2.05) is 37.5 Å². The molecule has 5 nitrogen and oxygen atoms in total. The highest BCUT2D eigenvalue weighted by atomic mass is 19.1. The molecule has 6 heteroatoms. The molecule has 2 aromatic rings. The third-order valence-corrected chi connectivity index (χ3v) is 3.80. The zero-order valence-electron chi connectivity index (χ0n) is 14.3. The van der Waals surface area contributed by atoms with E-state index in [4.69, 9.17) is 9.47 Å². The van der Waals surface area contributed by atoms with Crippen molar-refractivity contribution in [1.29, 1.82) is 0 Å². The molecule has 0 unspecified atom stereocenters. The van der Waals surface area contributed by atoms with Crippen molar-refractivity contribution in [3.63, 3.8) is 0 Å². The molecule has 23 heavy (non-hydrogen) atoms. The maximum Gasteiger partial charge on any atom is 0.310 e. The molecule has 1 aromatic carbocycles. The van der Waals surface area contributed by atoms with E-state index in [2.05, 4.69) is 0 Å². The number of carbonyl (C=O) groups is 1. The third kappa shape index (κ3) is 3.47. The molecule has 0 atom stereocenters. The Kier molecular flexibility index (Phi) is 5.26. The van der Waals surface area contributed by atoms with Gasteiger partial charge < -0.3 is 18.9 Å². The Morgan fingerprint density at radius 3 is 2.61 bits per heavy atom. The summed E-state index contributed by atoms with van der Waals surface area (Å²) in [5.74, 6) is -0.520. The summed E-state index contributed by atoms with van der Waals surface area (Å²) in [5.41, 5.74) is 2.55. The smallest absolute Gasteiger partial charge is 0.310 e. The van der Waals surface area contributed by atoms with E-state index in [-0.39, 0.29) is 18.1 Å². The monoisotopic (exact) mass is 322 g/mol. The van der Waals surface area contributed by atoms with Crippen LogP contribution in [0, 0.1) is 5.82 Å². The zero-order valence-corrected chi connectivity index (χ0v) is 14.3. The van der Waals surface area contributed by atoms with Crippen molar-refractivity contribution in [2.45, 2.75) is 19.9 Å². The Morgan fingerprint density at radius 2 is 2.04 bits per heavy atom. The second kappa shape index (κ2) is 7.00. The summed E-state index contributed by atoms with van der Waals surface area (Å²) >= 11 is 0. The number of fused-ring (bicyclic) bond motifs is 1. The minimum absolute atomic E-state index is 0.147. The van der Waals surface area contributed by atoms with Crippen LogP contribution in [-0.2, 0) is 29.5 Å². The van der Waals surface area contributed by atoms with Crippen LogP contribution in [0.1, 0.15) is 18.2 Å². The van der Waals surface area contributed by atoms with Crippen LogP contribution in [-0.4, -0.2) is 43.2 Å². The quantitative estimate of drug-likeness (QED) is 0.767. The van der Waals surface area contributed by atoms with Gasteiger partial charge in [0.25, 0.3) is 0 Å². The molecular formula is C17H23FN2O3. The highest BCUT2D eigenvalue weighted by Crippen LogP contribution is 2.32. The Hall–Kier alpha value is -2.08. The standard InChI is InChI=1S/C17H23FN2O3/c1-6-23-16-7-11-12(8-17(21)22-5)15(10-19(2)3)20(4)14(11)9-13(16)18/h7,9H,6,8,10H2,1-5H3. The maximum atomic E-state index is 14.2. The van der Waals surface area contributed by atoms with Crippen molar-refractivity contribution in [1.82, 2.24) is 9.47 Å². The lowest BCUT2D eigenvalue weighted by atomic mass is 10.1. The van der Waals surface area contributed by atoms with Crippen LogP contribution < -0.4 is 4.74 Å². The lowest BCUT2D eigenvalue weighted by Gasteiger charge is -2.13. The lowest BCUT2D eigenvalue weighted by Crippen LogP contribution is -2.16. The number of ether oxygens (including phenoxy) is 2. The van der Waals surface area contributed by atoms with E-state index >= 15 is 0 Å². The van der Waals surface area contributed by atoms with E-state index in [0.29, 0.717) is 13.2 Å². The van der Waals surface area contributed by atoms with Crippen molar-refractivity contribution in [2.75, 3.05) is 27.8 Å². The largest absolute Gasteiger partial charge is 0.491 e. The number of carbonyl (C=O) groups excluding carboxylic acids is 1. The van der Waals surface area contributed by atoms with Gasteiger partial charge in [-0.25, -0.2) is 4.39 Å². The molecule has 0 saturated heterocycles. The fourth-order valence-electron chi connectivity index (χ4n) is 2.75. The minimum atomic E-state index is -0.402. The summed E-state index contributed by atoms with van der Waals surface area (Å²) in [6.07, 6.45) is 0.147. The average Bonchev–Trinajstić information content (AvgIpc) is 2.73. The number of aromatic nitrogens is 1. The van der Waals surface area contributed by atoms with Crippen LogP contribution in [0.5, 0.6) is 5.75 Å². The second-order valence-corrected chi connectivity index (χ2v) is 5.71. The number of aryl methyl sites for hydroxylation is 1. The first kappa shape index (κ1) is 17.3. The van der Waals surface area contributed by atoms with Crippen LogP contribution in [0.25, 0.3) is 10.9 Å². The fraction of sp³-hybridized carbons (Fsp3) is 0.471. The van der Waals surface area contributed by atoms with Crippen molar-refractivity contribution in [3.05, 3.63) is 29.2 Å². The van der Waals surface area contributed by atoms with Gasteiger partial charge in [0.2, 0.25) is 0 Å². The van der Waals surface area contributed by atoms with Crippen molar-refractivity contribution < 1.29 is 18.7 Å². The Bertz CT molecular complexity index is 722. The molecule has 0 N–H and O–H groups in total. The molecule has 0 aliphatic rings. The third-order valence-electron chi connectivity index (χ3n) is 3.80. The first-order chi connectivity index (χ1) is 10.9. The van der Waals surface area contributed by atoms with Gasteiger partial charge in [-0.1, -0.05) is 0 Å². The Morgan fingerprint density at radius 1 is 1.35 bits per heavy atom. The van der Waals surface area contributed by atoms with E-state index in [1.54, 1.807) is 6.07 Å². The molecule has 126 valence electrons.